The van der Waals surface area contributed by atoms with Gasteiger partial charge in [0, 0.05) is 31.9 Å². The second-order valence-electron chi connectivity index (χ2n) is 5.61. The van der Waals surface area contributed by atoms with Crippen molar-refractivity contribution in [2.45, 2.75) is 11.4 Å². The number of halogens is 1. The summed E-state index contributed by atoms with van der Waals surface area (Å²) in [6.45, 7) is -0.0624. The molecule has 0 saturated carbocycles. The molecule has 0 atom stereocenters. The van der Waals surface area contributed by atoms with Gasteiger partial charge in [-0.1, -0.05) is 28.9 Å². The summed E-state index contributed by atoms with van der Waals surface area (Å²) in [4.78, 5) is 16.3. The summed E-state index contributed by atoms with van der Waals surface area (Å²) < 4.78 is 31.9. The van der Waals surface area contributed by atoms with Crippen LogP contribution in [0, 0.1) is 0 Å². The van der Waals surface area contributed by atoms with Crippen LogP contribution in [0.25, 0.3) is 11.4 Å². The molecule has 10 heteroatoms. The first kappa shape index (κ1) is 18.3. The van der Waals surface area contributed by atoms with Gasteiger partial charge in [-0.3, -0.25) is 4.79 Å². The van der Waals surface area contributed by atoms with Gasteiger partial charge in [0.25, 0.3) is 5.56 Å². The molecule has 0 aliphatic carbocycles. The maximum Gasteiger partial charge on any atom is 0.251 e. The Morgan fingerprint density at radius 3 is 2.62 bits per heavy atom. The van der Waals surface area contributed by atoms with Gasteiger partial charge < -0.3 is 9.09 Å². The predicted molar refractivity (Wildman–Crippen MR) is 95.4 cm³/mol. The van der Waals surface area contributed by atoms with E-state index in [1.807, 2.05) is 0 Å². The lowest BCUT2D eigenvalue weighted by Gasteiger charge is -2.12. The van der Waals surface area contributed by atoms with Gasteiger partial charge in [0.2, 0.25) is 21.7 Å². The first-order chi connectivity index (χ1) is 12.3. The van der Waals surface area contributed by atoms with Crippen LogP contribution in [0.1, 0.15) is 5.89 Å². The number of nitrogens with zero attached hydrogens (tertiary/aromatic N) is 4. The van der Waals surface area contributed by atoms with E-state index < -0.39 is 10.0 Å². The van der Waals surface area contributed by atoms with E-state index in [0.29, 0.717) is 10.6 Å². The van der Waals surface area contributed by atoms with Crippen LogP contribution in [0.5, 0.6) is 0 Å². The van der Waals surface area contributed by atoms with E-state index in [9.17, 15) is 13.2 Å². The molecule has 0 spiro atoms. The van der Waals surface area contributed by atoms with Gasteiger partial charge in [0.15, 0.2) is 0 Å². The molecule has 1 aromatic carbocycles. The van der Waals surface area contributed by atoms with Gasteiger partial charge in [-0.25, -0.2) is 12.7 Å². The highest BCUT2D eigenvalue weighted by Crippen LogP contribution is 2.25. The Labute approximate surface area is 154 Å². The van der Waals surface area contributed by atoms with Crippen LogP contribution in [0.15, 0.2) is 56.8 Å². The van der Waals surface area contributed by atoms with Crippen LogP contribution in [0.2, 0.25) is 5.02 Å². The van der Waals surface area contributed by atoms with Gasteiger partial charge in [-0.05, 0) is 18.2 Å². The van der Waals surface area contributed by atoms with Crippen LogP contribution in [0.4, 0.5) is 0 Å². The zero-order valence-electron chi connectivity index (χ0n) is 14.0. The van der Waals surface area contributed by atoms with Gasteiger partial charge in [0.05, 0.1) is 9.92 Å². The van der Waals surface area contributed by atoms with Crippen LogP contribution in [0.3, 0.4) is 0 Å². The number of benzene rings is 1. The number of hydrogen-bond donors (Lipinski definition) is 0. The Morgan fingerprint density at radius 2 is 1.92 bits per heavy atom. The summed E-state index contributed by atoms with van der Waals surface area (Å²) in [6.07, 6.45) is 1.25. The van der Waals surface area contributed by atoms with E-state index in [0.717, 1.165) is 4.31 Å². The number of sulfonamides is 1. The first-order valence-corrected chi connectivity index (χ1v) is 9.31. The SMILES string of the molecule is CN(C)S(=O)(=O)c1ccc(=O)n(Cc2nc(-c3ccccc3Cl)no2)c1. The average molecular weight is 395 g/mol. The second-order valence-corrected chi connectivity index (χ2v) is 8.17. The molecule has 136 valence electrons. The summed E-state index contributed by atoms with van der Waals surface area (Å²) in [5, 5.41) is 4.33. The third-order valence-electron chi connectivity index (χ3n) is 3.62. The Bertz CT molecular complexity index is 1110. The summed E-state index contributed by atoms with van der Waals surface area (Å²) >= 11 is 6.11. The second kappa shape index (κ2) is 7.02. The number of hydrogen-bond acceptors (Lipinski definition) is 6. The normalized spacial score (nSPS) is 11.8. The van der Waals surface area contributed by atoms with Gasteiger partial charge in [-0.2, -0.15) is 4.98 Å². The van der Waals surface area contributed by atoms with Gasteiger partial charge in [0.1, 0.15) is 6.54 Å². The fourth-order valence-electron chi connectivity index (χ4n) is 2.21. The molecule has 0 fully saturated rings. The molecule has 0 unspecified atom stereocenters. The highest BCUT2D eigenvalue weighted by Gasteiger charge is 2.19. The van der Waals surface area contributed by atoms with Crippen LogP contribution >= 0.6 is 11.6 Å². The third kappa shape index (κ3) is 3.55. The summed E-state index contributed by atoms with van der Waals surface area (Å²) in [5.74, 6) is 0.442. The lowest BCUT2D eigenvalue weighted by molar-refractivity contribution is 0.369. The molecule has 0 aliphatic rings. The van der Waals surface area contributed by atoms with Crippen molar-refractivity contribution in [2.75, 3.05) is 14.1 Å². The highest BCUT2D eigenvalue weighted by atomic mass is 35.5. The summed E-state index contributed by atoms with van der Waals surface area (Å²) in [5.41, 5.74) is 0.209. The topological polar surface area (TPSA) is 98.3 Å². The summed E-state index contributed by atoms with van der Waals surface area (Å²) in [6, 6.07) is 9.46. The Hall–Kier alpha value is -2.49. The quantitative estimate of drug-likeness (QED) is 0.655. The zero-order chi connectivity index (χ0) is 18.9. The van der Waals surface area contributed by atoms with E-state index in [2.05, 4.69) is 10.1 Å². The molecular weight excluding hydrogens is 380 g/mol. The summed E-state index contributed by atoms with van der Waals surface area (Å²) in [7, 11) is -0.832. The molecule has 0 saturated heterocycles. The third-order valence-corrected chi connectivity index (χ3v) is 5.75. The van der Waals surface area contributed by atoms with Crippen LogP contribution in [-0.2, 0) is 16.6 Å². The molecule has 0 N–H and O–H groups in total. The van der Waals surface area contributed by atoms with Crippen molar-refractivity contribution in [3.8, 4) is 11.4 Å². The van der Waals surface area contributed by atoms with E-state index >= 15 is 0 Å². The molecule has 8 nitrogen and oxygen atoms in total. The first-order valence-electron chi connectivity index (χ1n) is 7.49. The van der Waals surface area contributed by atoms with E-state index in [4.69, 9.17) is 16.1 Å². The van der Waals surface area contributed by atoms with Crippen molar-refractivity contribution in [1.82, 2.24) is 19.0 Å². The van der Waals surface area contributed by atoms with Crippen molar-refractivity contribution < 1.29 is 12.9 Å². The fourth-order valence-corrected chi connectivity index (χ4v) is 3.36. The lowest BCUT2D eigenvalue weighted by atomic mass is 10.2. The maximum absolute atomic E-state index is 12.2. The van der Waals surface area contributed by atoms with Crippen molar-refractivity contribution in [2.24, 2.45) is 0 Å². The minimum absolute atomic E-state index is 0.00653. The van der Waals surface area contributed by atoms with Gasteiger partial charge >= 0.3 is 0 Å². The minimum Gasteiger partial charge on any atom is -0.337 e. The lowest BCUT2D eigenvalue weighted by Crippen LogP contribution is -2.26. The number of aromatic nitrogens is 3. The highest BCUT2D eigenvalue weighted by molar-refractivity contribution is 7.89. The molecule has 0 amide bonds. The van der Waals surface area contributed by atoms with Crippen molar-refractivity contribution in [3.63, 3.8) is 0 Å². The predicted octanol–water partition coefficient (Wildman–Crippen LogP) is 1.85. The Morgan fingerprint density at radius 1 is 1.19 bits per heavy atom. The zero-order valence-corrected chi connectivity index (χ0v) is 15.5. The van der Waals surface area contributed by atoms with E-state index in [-0.39, 0.29) is 28.7 Å². The minimum atomic E-state index is -3.66. The fraction of sp³-hybridized carbons (Fsp3) is 0.188. The molecular formula is C16H15ClN4O4S. The Kier molecular flexibility index (Phi) is 4.94. The number of pyridine rings is 1. The van der Waals surface area contributed by atoms with Crippen molar-refractivity contribution >= 4 is 21.6 Å². The molecule has 2 aromatic heterocycles. The van der Waals surface area contributed by atoms with Crippen LogP contribution < -0.4 is 5.56 Å². The number of rotatable bonds is 5. The average Bonchev–Trinajstić information content (AvgIpc) is 3.05. The smallest absolute Gasteiger partial charge is 0.251 e. The standard InChI is InChI=1S/C16H15ClN4O4S/c1-20(2)26(23,24)11-7-8-15(22)21(9-11)10-14-18-16(19-25-14)12-5-3-4-6-13(12)17/h3-9H,10H2,1-2H3. The molecule has 0 radical (unpaired) electrons. The van der Waals surface area contributed by atoms with E-state index in [1.165, 1.54) is 37.0 Å². The largest absolute Gasteiger partial charge is 0.337 e. The van der Waals surface area contributed by atoms with E-state index in [1.54, 1.807) is 24.3 Å². The van der Waals surface area contributed by atoms with Crippen LogP contribution in [-0.4, -0.2) is 41.5 Å². The molecule has 3 aromatic rings. The Balaban J connectivity index is 1.93. The molecule has 0 aliphatic heterocycles. The molecule has 3 rings (SSSR count). The van der Waals surface area contributed by atoms with Crippen molar-refractivity contribution in [3.05, 3.63) is 63.9 Å². The molecule has 26 heavy (non-hydrogen) atoms. The molecule has 0 bridgehead atoms. The maximum atomic E-state index is 12.2. The molecule has 2 heterocycles. The monoisotopic (exact) mass is 394 g/mol. The van der Waals surface area contributed by atoms with Crippen molar-refractivity contribution in [1.29, 1.82) is 0 Å². The van der Waals surface area contributed by atoms with Gasteiger partial charge in [-0.15, -0.1) is 0 Å².